The lowest BCUT2D eigenvalue weighted by Crippen LogP contribution is -2.46. The maximum atomic E-state index is 12.2. The zero-order valence-corrected chi connectivity index (χ0v) is 15.0. The fourth-order valence-corrected chi connectivity index (χ4v) is 3.25. The van der Waals surface area contributed by atoms with Crippen LogP contribution >= 0.6 is 0 Å². The first-order chi connectivity index (χ1) is 11.3. The number of rotatable bonds is 4. The van der Waals surface area contributed by atoms with Crippen molar-refractivity contribution in [3.63, 3.8) is 0 Å². The van der Waals surface area contributed by atoms with Crippen molar-refractivity contribution in [2.45, 2.75) is 64.5 Å². The van der Waals surface area contributed by atoms with Gasteiger partial charge in [-0.25, -0.2) is 4.79 Å². The summed E-state index contributed by atoms with van der Waals surface area (Å²) >= 11 is 0. The maximum Gasteiger partial charge on any atom is 0.408 e. The van der Waals surface area contributed by atoms with Gasteiger partial charge in [-0.1, -0.05) is 31.2 Å². The summed E-state index contributed by atoms with van der Waals surface area (Å²) in [5, 5.41) is 5.58. The van der Waals surface area contributed by atoms with E-state index in [4.69, 9.17) is 4.74 Å². The first kappa shape index (κ1) is 18.3. The zero-order valence-electron chi connectivity index (χ0n) is 15.0. The fourth-order valence-electron chi connectivity index (χ4n) is 3.25. The van der Waals surface area contributed by atoms with Crippen LogP contribution in [0.4, 0.5) is 4.79 Å². The van der Waals surface area contributed by atoms with Crippen LogP contribution < -0.4 is 10.6 Å². The highest BCUT2D eigenvalue weighted by molar-refractivity contribution is 5.82. The number of nitrogens with one attached hydrogen (secondary N) is 2. The van der Waals surface area contributed by atoms with Crippen molar-refractivity contribution in [2.75, 3.05) is 6.54 Å². The topological polar surface area (TPSA) is 67.4 Å². The van der Waals surface area contributed by atoms with E-state index in [1.54, 1.807) is 20.8 Å². The molecule has 0 spiro atoms. The van der Waals surface area contributed by atoms with Gasteiger partial charge in [0.15, 0.2) is 0 Å². The van der Waals surface area contributed by atoms with Crippen LogP contribution in [-0.2, 0) is 16.0 Å². The highest BCUT2D eigenvalue weighted by Crippen LogP contribution is 2.33. The summed E-state index contributed by atoms with van der Waals surface area (Å²) < 4.78 is 5.14. The molecular formula is C19H28N2O3. The first-order valence-electron chi connectivity index (χ1n) is 8.64. The van der Waals surface area contributed by atoms with Gasteiger partial charge in [0.05, 0.1) is 0 Å². The highest BCUT2D eigenvalue weighted by atomic mass is 16.6. The molecule has 2 amide bonds. The molecule has 1 aromatic rings. The fraction of sp³-hybridized carbons (Fsp3) is 0.579. The molecule has 0 bridgehead atoms. The number of ether oxygens (including phenoxy) is 1. The van der Waals surface area contributed by atoms with E-state index in [0.717, 1.165) is 19.3 Å². The Kier molecular flexibility index (Phi) is 5.86. The van der Waals surface area contributed by atoms with E-state index in [1.165, 1.54) is 11.1 Å². The minimum absolute atomic E-state index is 0.0660. The number of hydrogen-bond acceptors (Lipinski definition) is 3. The lowest BCUT2D eigenvalue weighted by atomic mass is 9.78. The maximum absolute atomic E-state index is 12.2. The van der Waals surface area contributed by atoms with E-state index in [0.29, 0.717) is 5.92 Å². The van der Waals surface area contributed by atoms with Gasteiger partial charge in [0.25, 0.3) is 0 Å². The number of aryl methyl sites for hydroxylation is 1. The molecule has 0 saturated heterocycles. The SMILES string of the molecule is CCC1c2ccccc2CCC1NC(=O)CNC(=O)OC(C)(C)C. The summed E-state index contributed by atoms with van der Waals surface area (Å²) in [6, 6.07) is 8.55. The van der Waals surface area contributed by atoms with Crippen molar-refractivity contribution in [3.8, 4) is 0 Å². The van der Waals surface area contributed by atoms with Crippen LogP contribution in [0.3, 0.4) is 0 Å². The molecule has 5 nitrogen and oxygen atoms in total. The molecule has 2 rings (SSSR count). The Bertz CT molecular complexity index is 593. The van der Waals surface area contributed by atoms with Gasteiger partial charge in [0.2, 0.25) is 5.91 Å². The Balaban J connectivity index is 1.89. The molecule has 1 aliphatic rings. The molecule has 0 aromatic heterocycles. The van der Waals surface area contributed by atoms with Crippen molar-refractivity contribution in [3.05, 3.63) is 35.4 Å². The van der Waals surface area contributed by atoms with E-state index < -0.39 is 11.7 Å². The lowest BCUT2D eigenvalue weighted by Gasteiger charge is -2.33. The molecule has 1 aromatic carbocycles. The summed E-state index contributed by atoms with van der Waals surface area (Å²) in [4.78, 5) is 23.8. The average molecular weight is 332 g/mol. The number of carbonyl (C=O) groups is 2. The van der Waals surface area contributed by atoms with E-state index in [2.05, 4.69) is 41.8 Å². The molecule has 2 N–H and O–H groups in total. The highest BCUT2D eigenvalue weighted by Gasteiger charge is 2.29. The molecule has 0 radical (unpaired) electrons. The zero-order chi connectivity index (χ0) is 17.7. The molecular weight excluding hydrogens is 304 g/mol. The molecule has 0 fully saturated rings. The second-order valence-electron chi connectivity index (χ2n) is 7.28. The van der Waals surface area contributed by atoms with Gasteiger partial charge in [-0.05, 0) is 51.2 Å². The standard InChI is InChI=1S/C19H28N2O3/c1-5-14-15-9-7-6-8-13(15)10-11-16(14)21-17(22)12-20-18(23)24-19(2,3)4/h6-9,14,16H,5,10-12H2,1-4H3,(H,20,23)(H,21,22). The third kappa shape index (κ3) is 4.98. The van der Waals surface area contributed by atoms with Crippen molar-refractivity contribution < 1.29 is 14.3 Å². The number of alkyl carbamates (subject to hydrolysis) is 1. The second-order valence-corrected chi connectivity index (χ2v) is 7.28. The lowest BCUT2D eigenvalue weighted by molar-refractivity contribution is -0.121. The molecule has 0 saturated carbocycles. The number of benzene rings is 1. The third-order valence-electron chi connectivity index (χ3n) is 4.24. The van der Waals surface area contributed by atoms with Crippen LogP contribution in [0, 0.1) is 0 Å². The van der Waals surface area contributed by atoms with Crippen LogP contribution in [0.5, 0.6) is 0 Å². The van der Waals surface area contributed by atoms with Gasteiger partial charge in [-0.2, -0.15) is 0 Å². The van der Waals surface area contributed by atoms with Crippen molar-refractivity contribution in [2.24, 2.45) is 0 Å². The van der Waals surface area contributed by atoms with Gasteiger partial charge in [-0.15, -0.1) is 0 Å². The summed E-state index contributed by atoms with van der Waals surface area (Å²) in [6.07, 6.45) is 2.30. The average Bonchev–Trinajstić information content (AvgIpc) is 2.51. The van der Waals surface area contributed by atoms with Gasteiger partial charge in [0, 0.05) is 12.0 Å². The summed E-state index contributed by atoms with van der Waals surface area (Å²) in [5.41, 5.74) is 2.14. The first-order valence-corrected chi connectivity index (χ1v) is 8.64. The minimum Gasteiger partial charge on any atom is -0.444 e. The molecule has 132 valence electrons. The van der Waals surface area contributed by atoms with Crippen molar-refractivity contribution in [1.82, 2.24) is 10.6 Å². The molecule has 0 aliphatic heterocycles. The Labute approximate surface area is 144 Å². The Hall–Kier alpha value is -2.04. The quantitative estimate of drug-likeness (QED) is 0.890. The number of amides is 2. The van der Waals surface area contributed by atoms with E-state index in [9.17, 15) is 9.59 Å². The number of carbonyl (C=O) groups excluding carboxylic acids is 2. The summed E-state index contributed by atoms with van der Waals surface area (Å²) in [5.74, 6) is 0.143. The normalized spacial score (nSPS) is 20.0. The number of fused-ring (bicyclic) bond motifs is 1. The molecule has 2 unspecified atom stereocenters. The van der Waals surface area contributed by atoms with Gasteiger partial charge >= 0.3 is 6.09 Å². The summed E-state index contributed by atoms with van der Waals surface area (Å²) in [6.45, 7) is 7.45. The monoisotopic (exact) mass is 332 g/mol. The predicted octanol–water partition coefficient (Wildman–Crippen LogP) is 3.14. The smallest absolute Gasteiger partial charge is 0.408 e. The van der Waals surface area contributed by atoms with Crippen LogP contribution in [0.15, 0.2) is 24.3 Å². The molecule has 0 heterocycles. The molecule has 5 heteroatoms. The number of hydrogen-bond donors (Lipinski definition) is 2. The second kappa shape index (κ2) is 7.69. The van der Waals surface area contributed by atoms with E-state index in [1.807, 2.05) is 0 Å². The Morgan fingerprint density at radius 2 is 1.96 bits per heavy atom. The van der Waals surface area contributed by atoms with Crippen LogP contribution in [0.1, 0.15) is 57.6 Å². The van der Waals surface area contributed by atoms with Crippen LogP contribution in [0.2, 0.25) is 0 Å². The molecule has 2 atom stereocenters. The Morgan fingerprint density at radius 1 is 1.25 bits per heavy atom. The largest absolute Gasteiger partial charge is 0.444 e. The van der Waals surface area contributed by atoms with Gasteiger partial charge in [-0.3, -0.25) is 4.79 Å². The third-order valence-corrected chi connectivity index (χ3v) is 4.24. The van der Waals surface area contributed by atoms with E-state index >= 15 is 0 Å². The van der Waals surface area contributed by atoms with Gasteiger partial charge in [0.1, 0.15) is 12.1 Å². The summed E-state index contributed by atoms with van der Waals surface area (Å²) in [7, 11) is 0. The minimum atomic E-state index is -0.571. The predicted molar refractivity (Wildman–Crippen MR) is 94.0 cm³/mol. The van der Waals surface area contributed by atoms with Crippen LogP contribution in [-0.4, -0.2) is 30.2 Å². The Morgan fingerprint density at radius 3 is 2.62 bits per heavy atom. The molecule has 24 heavy (non-hydrogen) atoms. The van der Waals surface area contributed by atoms with Crippen molar-refractivity contribution in [1.29, 1.82) is 0 Å². The van der Waals surface area contributed by atoms with E-state index in [-0.39, 0.29) is 18.5 Å². The molecule has 1 aliphatic carbocycles. The van der Waals surface area contributed by atoms with Crippen molar-refractivity contribution >= 4 is 12.0 Å². The van der Waals surface area contributed by atoms with Crippen LogP contribution in [0.25, 0.3) is 0 Å². The van der Waals surface area contributed by atoms with Gasteiger partial charge < -0.3 is 15.4 Å².